The summed E-state index contributed by atoms with van der Waals surface area (Å²) in [5, 5.41) is 6.86. The number of carbonyl (C=O) groups excluding carboxylic acids is 1. The SMILES string of the molecule is CCNC(=NCc1ccc(C(=O)N(CC)CC)cc1)NCC1(CC)CCC1. The first-order valence-electron chi connectivity index (χ1n) is 10.5. The van der Waals surface area contributed by atoms with Gasteiger partial charge in [0.2, 0.25) is 0 Å². The number of hydrogen-bond acceptors (Lipinski definition) is 2. The van der Waals surface area contributed by atoms with E-state index in [1.54, 1.807) is 0 Å². The molecule has 0 bridgehead atoms. The largest absolute Gasteiger partial charge is 0.357 e. The van der Waals surface area contributed by atoms with E-state index in [0.717, 1.165) is 43.3 Å². The maximum atomic E-state index is 12.4. The summed E-state index contributed by atoms with van der Waals surface area (Å²) in [5.74, 6) is 0.968. The van der Waals surface area contributed by atoms with Crippen molar-refractivity contribution in [2.45, 2.75) is 59.9 Å². The molecule has 0 atom stereocenters. The first-order valence-corrected chi connectivity index (χ1v) is 10.5. The lowest BCUT2D eigenvalue weighted by molar-refractivity contribution is 0.0773. The van der Waals surface area contributed by atoms with Gasteiger partial charge in [-0.25, -0.2) is 4.99 Å². The number of rotatable bonds is 9. The molecule has 0 saturated heterocycles. The molecule has 2 N–H and O–H groups in total. The molecule has 0 spiro atoms. The van der Waals surface area contributed by atoms with Gasteiger partial charge < -0.3 is 15.5 Å². The van der Waals surface area contributed by atoms with Crippen LogP contribution in [0.3, 0.4) is 0 Å². The van der Waals surface area contributed by atoms with Crippen LogP contribution in [0, 0.1) is 5.41 Å². The highest BCUT2D eigenvalue weighted by molar-refractivity contribution is 5.94. The average Bonchev–Trinajstić information content (AvgIpc) is 2.66. The minimum absolute atomic E-state index is 0.0930. The minimum atomic E-state index is 0.0930. The van der Waals surface area contributed by atoms with Gasteiger partial charge in [-0.15, -0.1) is 0 Å². The van der Waals surface area contributed by atoms with Crippen LogP contribution in [0.2, 0.25) is 0 Å². The fourth-order valence-electron chi connectivity index (χ4n) is 3.56. The number of guanidine groups is 1. The van der Waals surface area contributed by atoms with E-state index in [1.807, 2.05) is 43.0 Å². The van der Waals surface area contributed by atoms with Crippen molar-refractivity contribution in [3.63, 3.8) is 0 Å². The van der Waals surface area contributed by atoms with Gasteiger partial charge in [0.1, 0.15) is 0 Å². The van der Waals surface area contributed by atoms with Crippen LogP contribution in [0.1, 0.15) is 69.3 Å². The lowest BCUT2D eigenvalue weighted by Crippen LogP contribution is -2.46. The zero-order valence-corrected chi connectivity index (χ0v) is 17.5. The van der Waals surface area contributed by atoms with E-state index < -0.39 is 0 Å². The molecule has 1 saturated carbocycles. The first-order chi connectivity index (χ1) is 13.1. The third-order valence-corrected chi connectivity index (χ3v) is 5.81. The lowest BCUT2D eigenvalue weighted by Gasteiger charge is -2.41. The molecule has 2 rings (SSSR count). The first kappa shape index (κ1) is 21.3. The van der Waals surface area contributed by atoms with Crippen LogP contribution in [0.15, 0.2) is 29.3 Å². The van der Waals surface area contributed by atoms with Crippen molar-refractivity contribution in [2.24, 2.45) is 10.4 Å². The molecule has 1 fully saturated rings. The molecule has 150 valence electrons. The molecule has 5 heteroatoms. The molecule has 0 aromatic heterocycles. The molecule has 0 radical (unpaired) electrons. The van der Waals surface area contributed by atoms with Crippen molar-refractivity contribution in [3.8, 4) is 0 Å². The predicted octanol–water partition coefficient (Wildman–Crippen LogP) is 3.80. The Hall–Kier alpha value is -2.04. The highest BCUT2D eigenvalue weighted by Gasteiger charge is 2.34. The average molecular weight is 373 g/mol. The van der Waals surface area contributed by atoms with Crippen molar-refractivity contribution >= 4 is 11.9 Å². The molecule has 0 unspecified atom stereocenters. The zero-order valence-electron chi connectivity index (χ0n) is 17.5. The Morgan fingerprint density at radius 3 is 2.22 bits per heavy atom. The quantitative estimate of drug-likeness (QED) is 0.512. The smallest absolute Gasteiger partial charge is 0.253 e. The molecule has 1 aromatic rings. The van der Waals surface area contributed by atoms with E-state index >= 15 is 0 Å². The van der Waals surface area contributed by atoms with Gasteiger partial charge in [-0.05, 0) is 63.1 Å². The molecule has 5 nitrogen and oxygen atoms in total. The van der Waals surface area contributed by atoms with Gasteiger partial charge >= 0.3 is 0 Å². The highest BCUT2D eigenvalue weighted by atomic mass is 16.2. The second-order valence-electron chi connectivity index (χ2n) is 7.43. The normalized spacial score (nSPS) is 15.8. The van der Waals surface area contributed by atoms with Crippen LogP contribution >= 0.6 is 0 Å². The van der Waals surface area contributed by atoms with E-state index in [0.29, 0.717) is 12.0 Å². The van der Waals surface area contributed by atoms with Gasteiger partial charge in [-0.3, -0.25) is 4.79 Å². The zero-order chi connectivity index (χ0) is 19.7. The molecule has 27 heavy (non-hydrogen) atoms. The summed E-state index contributed by atoms with van der Waals surface area (Å²) in [5.41, 5.74) is 2.31. The molecule has 1 aromatic carbocycles. The lowest BCUT2D eigenvalue weighted by atomic mass is 9.67. The molecular formula is C22H36N4O. The van der Waals surface area contributed by atoms with Gasteiger partial charge in [0, 0.05) is 31.7 Å². The summed E-state index contributed by atoms with van der Waals surface area (Å²) in [7, 11) is 0. The summed E-state index contributed by atoms with van der Waals surface area (Å²) in [6.07, 6.45) is 5.21. The summed E-state index contributed by atoms with van der Waals surface area (Å²) < 4.78 is 0. The number of carbonyl (C=O) groups is 1. The van der Waals surface area contributed by atoms with E-state index in [9.17, 15) is 4.79 Å². The van der Waals surface area contributed by atoms with Gasteiger partial charge in [-0.2, -0.15) is 0 Å². The van der Waals surface area contributed by atoms with Crippen LogP contribution < -0.4 is 10.6 Å². The van der Waals surface area contributed by atoms with E-state index in [-0.39, 0.29) is 5.91 Å². The third-order valence-electron chi connectivity index (χ3n) is 5.81. The van der Waals surface area contributed by atoms with Gasteiger partial charge in [-0.1, -0.05) is 25.5 Å². The molecule has 0 heterocycles. The summed E-state index contributed by atoms with van der Waals surface area (Å²) in [4.78, 5) is 18.9. The van der Waals surface area contributed by atoms with Crippen LogP contribution in [-0.2, 0) is 6.54 Å². The Balaban J connectivity index is 1.95. The number of aliphatic imine (C=N–C) groups is 1. The monoisotopic (exact) mass is 372 g/mol. The molecule has 1 amide bonds. The second kappa shape index (κ2) is 10.3. The summed E-state index contributed by atoms with van der Waals surface area (Å²) >= 11 is 0. The number of benzene rings is 1. The number of hydrogen-bond donors (Lipinski definition) is 2. The van der Waals surface area contributed by atoms with Crippen molar-refractivity contribution in [3.05, 3.63) is 35.4 Å². The van der Waals surface area contributed by atoms with Crippen LogP contribution in [-0.4, -0.2) is 42.9 Å². The summed E-state index contributed by atoms with van der Waals surface area (Å²) in [6, 6.07) is 7.82. The number of nitrogens with zero attached hydrogens (tertiary/aromatic N) is 2. The summed E-state index contributed by atoms with van der Waals surface area (Å²) in [6.45, 7) is 12.3. The topological polar surface area (TPSA) is 56.7 Å². The second-order valence-corrected chi connectivity index (χ2v) is 7.43. The van der Waals surface area contributed by atoms with Gasteiger partial charge in [0.15, 0.2) is 5.96 Å². The Labute approximate surface area is 164 Å². The Morgan fingerprint density at radius 2 is 1.74 bits per heavy atom. The molecule has 0 aliphatic heterocycles. The predicted molar refractivity (Wildman–Crippen MR) is 113 cm³/mol. The highest BCUT2D eigenvalue weighted by Crippen LogP contribution is 2.42. The fourth-order valence-corrected chi connectivity index (χ4v) is 3.56. The van der Waals surface area contributed by atoms with Crippen molar-refractivity contribution in [2.75, 3.05) is 26.2 Å². The fraction of sp³-hybridized carbons (Fsp3) is 0.636. The van der Waals surface area contributed by atoms with Crippen LogP contribution in [0.4, 0.5) is 0 Å². The number of amides is 1. The van der Waals surface area contributed by atoms with Crippen LogP contribution in [0.25, 0.3) is 0 Å². The van der Waals surface area contributed by atoms with Crippen molar-refractivity contribution < 1.29 is 4.79 Å². The third kappa shape index (κ3) is 5.72. The van der Waals surface area contributed by atoms with Crippen molar-refractivity contribution in [1.82, 2.24) is 15.5 Å². The molecule has 1 aliphatic carbocycles. The Morgan fingerprint density at radius 1 is 1.07 bits per heavy atom. The Kier molecular flexibility index (Phi) is 8.14. The van der Waals surface area contributed by atoms with E-state index in [4.69, 9.17) is 4.99 Å². The molecule has 1 aliphatic rings. The van der Waals surface area contributed by atoms with Crippen LogP contribution in [0.5, 0.6) is 0 Å². The van der Waals surface area contributed by atoms with E-state index in [2.05, 4.69) is 24.5 Å². The maximum absolute atomic E-state index is 12.4. The maximum Gasteiger partial charge on any atom is 0.253 e. The minimum Gasteiger partial charge on any atom is -0.357 e. The number of nitrogens with one attached hydrogen (secondary N) is 2. The van der Waals surface area contributed by atoms with Gasteiger partial charge in [0.25, 0.3) is 5.91 Å². The van der Waals surface area contributed by atoms with E-state index in [1.165, 1.54) is 25.7 Å². The Bertz CT molecular complexity index is 610. The standard InChI is InChI=1S/C22H36N4O/c1-5-22(14-9-15-22)17-25-21(23-6-2)24-16-18-10-12-19(13-11-18)20(27)26(7-3)8-4/h10-13H,5-9,14-17H2,1-4H3,(H2,23,24,25). The van der Waals surface area contributed by atoms with Gasteiger partial charge in [0.05, 0.1) is 6.54 Å². The van der Waals surface area contributed by atoms with Crippen molar-refractivity contribution in [1.29, 1.82) is 0 Å². The molecular weight excluding hydrogens is 336 g/mol.